The van der Waals surface area contributed by atoms with E-state index in [1.165, 1.54) is 43.9 Å². The lowest BCUT2D eigenvalue weighted by Crippen LogP contribution is -2.41. The summed E-state index contributed by atoms with van der Waals surface area (Å²) in [6.45, 7) is 19.5. The molecule has 13 heteroatoms. The molecule has 1 saturated heterocycles. The predicted octanol–water partition coefficient (Wildman–Crippen LogP) is 9.94. The lowest BCUT2D eigenvalue weighted by molar-refractivity contribution is 0.0204. The summed E-state index contributed by atoms with van der Waals surface area (Å²) < 4.78 is 44.6. The molecule has 314 valence electrons. The molecular weight excluding hydrogens is 769 g/mol. The lowest BCUT2D eigenvalue weighted by atomic mass is 9.89. The minimum atomic E-state index is -1.34. The van der Waals surface area contributed by atoms with Crippen molar-refractivity contribution in [3.8, 4) is 22.5 Å². The number of ether oxygens (including phenoxy) is 2. The summed E-state index contributed by atoms with van der Waals surface area (Å²) >= 11 is 0. The number of likely N-dealkylation sites (tertiary alicyclic amines) is 1. The van der Waals surface area contributed by atoms with Crippen molar-refractivity contribution < 1.29 is 33.0 Å². The molecule has 2 aromatic heterocycles. The maximum absolute atomic E-state index is 15.9. The van der Waals surface area contributed by atoms with Crippen LogP contribution < -0.4 is 5.32 Å². The van der Waals surface area contributed by atoms with Crippen molar-refractivity contribution in [2.75, 3.05) is 19.7 Å². The number of benzene rings is 3. The van der Waals surface area contributed by atoms with Gasteiger partial charge in [0.05, 0.1) is 22.6 Å². The number of piperidine rings is 1. The van der Waals surface area contributed by atoms with Crippen LogP contribution in [-0.4, -0.2) is 69.9 Å². The summed E-state index contributed by atoms with van der Waals surface area (Å²) in [5.41, 5.74) is 4.18. The third-order valence-corrected chi connectivity index (χ3v) is 12.4. The molecular formula is C46H57F2N5O5Si. The number of carbonyl (C=O) groups is 2. The molecule has 1 aliphatic rings. The Morgan fingerprint density at radius 1 is 0.932 bits per heavy atom. The largest absolute Gasteiger partial charge is 0.444 e. The van der Waals surface area contributed by atoms with Crippen molar-refractivity contribution >= 4 is 31.1 Å². The second-order valence-corrected chi connectivity index (χ2v) is 23.9. The average molecular weight is 826 g/mol. The molecule has 0 atom stereocenters. The van der Waals surface area contributed by atoms with E-state index in [0.717, 1.165) is 47.2 Å². The number of nitrogens with one attached hydrogen (secondary N) is 1. The molecule has 0 unspecified atom stereocenters. The lowest BCUT2D eigenvalue weighted by Gasteiger charge is -2.33. The minimum Gasteiger partial charge on any atom is -0.444 e. The number of hydrogen-bond acceptors (Lipinski definition) is 7. The molecule has 59 heavy (non-hydrogen) atoms. The molecule has 2 amide bonds. The van der Waals surface area contributed by atoms with Gasteiger partial charge in [0.15, 0.2) is 0 Å². The van der Waals surface area contributed by atoms with E-state index in [-0.39, 0.29) is 30.5 Å². The van der Waals surface area contributed by atoms with E-state index in [1.54, 1.807) is 11.0 Å². The van der Waals surface area contributed by atoms with Crippen molar-refractivity contribution in [2.24, 2.45) is 0 Å². The van der Waals surface area contributed by atoms with Crippen LogP contribution in [0, 0.1) is 18.6 Å². The smallest absolute Gasteiger partial charge is 0.410 e. The molecule has 0 spiro atoms. The van der Waals surface area contributed by atoms with Crippen LogP contribution in [0.3, 0.4) is 0 Å². The van der Waals surface area contributed by atoms with Gasteiger partial charge in [0.25, 0.3) is 5.91 Å². The molecule has 0 bridgehead atoms. The number of amides is 2. The van der Waals surface area contributed by atoms with E-state index >= 15 is 4.39 Å². The summed E-state index contributed by atoms with van der Waals surface area (Å²) in [6.07, 6.45) is 2.91. The highest BCUT2D eigenvalue weighted by Gasteiger charge is 2.28. The molecule has 3 aromatic carbocycles. The van der Waals surface area contributed by atoms with Crippen LogP contribution in [0.4, 0.5) is 13.6 Å². The fourth-order valence-electron chi connectivity index (χ4n) is 7.31. The fourth-order valence-corrected chi connectivity index (χ4v) is 8.07. The zero-order valence-corrected chi connectivity index (χ0v) is 36.7. The van der Waals surface area contributed by atoms with Gasteiger partial charge in [-0.2, -0.15) is 0 Å². The van der Waals surface area contributed by atoms with E-state index < -0.39 is 36.8 Å². The van der Waals surface area contributed by atoms with Crippen molar-refractivity contribution in [3.05, 3.63) is 106 Å². The number of halogens is 2. The maximum Gasteiger partial charge on any atom is 0.410 e. The van der Waals surface area contributed by atoms with Crippen LogP contribution in [0.25, 0.3) is 33.5 Å². The third-order valence-electron chi connectivity index (χ3n) is 10.7. The first-order valence-electron chi connectivity index (χ1n) is 20.3. The zero-order valence-electron chi connectivity index (χ0n) is 35.7. The Kier molecular flexibility index (Phi) is 12.8. The molecule has 0 aliphatic carbocycles. The second kappa shape index (κ2) is 17.3. The van der Waals surface area contributed by atoms with Gasteiger partial charge in [-0.05, 0) is 113 Å². The molecule has 6 rings (SSSR count). The van der Waals surface area contributed by atoms with Gasteiger partial charge in [-0.1, -0.05) is 56.0 Å². The molecule has 0 radical (unpaired) electrons. The van der Waals surface area contributed by atoms with Crippen molar-refractivity contribution in [2.45, 2.75) is 110 Å². The Labute approximate surface area is 347 Å². The van der Waals surface area contributed by atoms with E-state index in [9.17, 15) is 19.1 Å². The highest BCUT2D eigenvalue weighted by Crippen LogP contribution is 2.36. The maximum atomic E-state index is 15.9. The summed E-state index contributed by atoms with van der Waals surface area (Å²) in [5, 5.41) is 13.6. The standard InChI is InChI=1S/C46H57F2N5O5Si/c1-29-22-33(26-49-43(54)35-15-14-34(23-39(35)48)46(5,6)56)38(47)24-36(29)41-37-25-40(53(42(37)51-27-50-41)28-57-20-21-59(7,8)9)32-12-10-30(11-13-32)31-16-18-52(19-17-31)44(55)58-45(2,3)4/h10-15,22-25,27,31,56H,16-21,26,28H2,1-9H3,(H,49,54). The third kappa shape index (κ3) is 10.6. The fraction of sp³-hybridized carbons (Fsp3) is 0.435. The van der Waals surface area contributed by atoms with Crippen LogP contribution in [0.2, 0.25) is 25.7 Å². The van der Waals surface area contributed by atoms with Crippen molar-refractivity contribution in [1.29, 1.82) is 0 Å². The Morgan fingerprint density at radius 2 is 1.63 bits per heavy atom. The van der Waals surface area contributed by atoms with Gasteiger partial charge in [0.1, 0.15) is 35.9 Å². The van der Waals surface area contributed by atoms with Gasteiger partial charge in [0, 0.05) is 50.8 Å². The number of nitrogens with zero attached hydrogens (tertiary/aromatic N) is 4. The van der Waals surface area contributed by atoms with Crippen LogP contribution in [0.5, 0.6) is 0 Å². The zero-order chi connectivity index (χ0) is 42.9. The van der Waals surface area contributed by atoms with E-state index in [2.05, 4.69) is 54.2 Å². The number of aryl methyl sites for hydroxylation is 1. The SMILES string of the molecule is Cc1cc(CNC(=O)c2ccc(C(C)(C)O)cc2F)c(F)cc1-c1ncnc2c1cc(-c1ccc(C3CCN(C(=O)OC(C)(C)C)CC3)cc1)n2COCC[Si](C)(C)C. The topological polar surface area (TPSA) is 119 Å². The van der Waals surface area contributed by atoms with Gasteiger partial charge in [-0.3, -0.25) is 4.79 Å². The average Bonchev–Trinajstić information content (AvgIpc) is 3.54. The number of aliphatic hydroxyl groups is 1. The number of rotatable bonds is 12. The first-order valence-corrected chi connectivity index (χ1v) is 24.0. The van der Waals surface area contributed by atoms with Crippen molar-refractivity contribution in [3.63, 3.8) is 0 Å². The molecule has 0 saturated carbocycles. The number of carbonyl (C=O) groups excluding carboxylic acids is 2. The van der Waals surface area contributed by atoms with Crippen LogP contribution in [0.1, 0.15) is 86.0 Å². The monoisotopic (exact) mass is 825 g/mol. The first-order chi connectivity index (χ1) is 27.7. The van der Waals surface area contributed by atoms with Crippen molar-refractivity contribution in [1.82, 2.24) is 24.8 Å². The van der Waals surface area contributed by atoms with Gasteiger partial charge in [-0.25, -0.2) is 23.5 Å². The molecule has 3 heterocycles. The van der Waals surface area contributed by atoms with Gasteiger partial charge in [-0.15, -0.1) is 0 Å². The van der Waals surface area contributed by atoms with Gasteiger partial charge in [0.2, 0.25) is 0 Å². The number of fused-ring (bicyclic) bond motifs is 1. The molecule has 1 fully saturated rings. The Hall–Kier alpha value is -4.98. The minimum absolute atomic E-state index is 0.161. The van der Waals surface area contributed by atoms with E-state index in [0.29, 0.717) is 48.1 Å². The summed E-state index contributed by atoms with van der Waals surface area (Å²) in [6, 6.07) is 18.6. The molecule has 1 aliphatic heterocycles. The van der Waals surface area contributed by atoms with Gasteiger partial charge < -0.3 is 29.4 Å². The van der Waals surface area contributed by atoms with Crippen LogP contribution in [0.15, 0.2) is 67.0 Å². The summed E-state index contributed by atoms with van der Waals surface area (Å²) in [7, 11) is -1.34. The number of hydrogen-bond donors (Lipinski definition) is 2. The normalized spacial score (nSPS) is 14.2. The summed E-state index contributed by atoms with van der Waals surface area (Å²) in [5.74, 6) is -1.70. The molecule has 10 nitrogen and oxygen atoms in total. The second-order valence-electron chi connectivity index (χ2n) is 18.3. The van der Waals surface area contributed by atoms with Crippen LogP contribution in [-0.2, 0) is 28.4 Å². The highest BCUT2D eigenvalue weighted by molar-refractivity contribution is 6.76. The highest BCUT2D eigenvalue weighted by atomic mass is 28.3. The van der Waals surface area contributed by atoms with E-state index in [1.807, 2.05) is 38.3 Å². The Bertz CT molecular complexity index is 2320. The number of aromatic nitrogens is 3. The molecule has 5 aromatic rings. The quantitative estimate of drug-likeness (QED) is 0.0950. The van der Waals surface area contributed by atoms with E-state index in [4.69, 9.17) is 14.5 Å². The Morgan fingerprint density at radius 3 is 2.25 bits per heavy atom. The Balaban J connectivity index is 1.25. The van der Waals surface area contributed by atoms with Gasteiger partial charge >= 0.3 is 6.09 Å². The van der Waals surface area contributed by atoms with Crippen LogP contribution >= 0.6 is 0 Å². The first kappa shape index (κ1) is 43.6. The predicted molar refractivity (Wildman–Crippen MR) is 230 cm³/mol. The summed E-state index contributed by atoms with van der Waals surface area (Å²) in [4.78, 5) is 36.7. The molecule has 2 N–H and O–H groups in total.